The first-order chi connectivity index (χ1) is 8.77. The maximum absolute atomic E-state index is 11.1. The van der Waals surface area contributed by atoms with E-state index in [1.165, 1.54) is 24.3 Å². The number of hydrogen-bond donors (Lipinski definition) is 2. The first kappa shape index (κ1) is 13.4. The predicted molar refractivity (Wildman–Crippen MR) is 75.2 cm³/mol. The fourth-order valence-electron chi connectivity index (χ4n) is 2.24. The molecule has 0 spiro atoms. The fraction of sp³-hybridized carbons (Fsp3) is 0.500. The third-order valence-electron chi connectivity index (χ3n) is 3.34. The minimum absolute atomic E-state index is 0.407. The van der Waals surface area contributed by atoms with E-state index in [1.807, 2.05) is 23.9 Å². The van der Waals surface area contributed by atoms with Crippen molar-refractivity contribution in [1.29, 1.82) is 0 Å². The Bertz CT molecular complexity index is 403. The molecule has 0 atom stereocenters. The molecule has 2 N–H and O–H groups in total. The maximum Gasteiger partial charge on any atom is 0.336 e. The number of carbonyl (C=O) groups is 1. The van der Waals surface area contributed by atoms with Gasteiger partial charge in [0.1, 0.15) is 0 Å². The molecule has 1 fully saturated rings. The highest BCUT2D eigenvalue weighted by Crippen LogP contribution is 2.22. The zero-order valence-electron chi connectivity index (χ0n) is 10.4. The molecule has 0 bridgehead atoms. The molecule has 0 saturated carbocycles. The molecule has 1 heterocycles. The number of aromatic carboxylic acids is 1. The number of carboxylic acids is 1. The number of hydrogen-bond acceptors (Lipinski definition) is 3. The van der Waals surface area contributed by atoms with Crippen LogP contribution in [0.4, 0.5) is 0 Å². The highest BCUT2D eigenvalue weighted by Gasteiger charge is 2.14. The monoisotopic (exact) mass is 265 g/mol. The van der Waals surface area contributed by atoms with Gasteiger partial charge in [0.2, 0.25) is 0 Å². The summed E-state index contributed by atoms with van der Waals surface area (Å²) in [5, 5.41) is 12.5. The Morgan fingerprint density at radius 2 is 2.06 bits per heavy atom. The van der Waals surface area contributed by atoms with Crippen LogP contribution in [0, 0.1) is 5.92 Å². The van der Waals surface area contributed by atoms with Crippen molar-refractivity contribution in [3.8, 4) is 0 Å². The Kier molecular flexibility index (Phi) is 5.08. The van der Waals surface area contributed by atoms with Gasteiger partial charge < -0.3 is 10.4 Å². The Morgan fingerprint density at radius 1 is 1.33 bits per heavy atom. The Labute approximate surface area is 112 Å². The summed E-state index contributed by atoms with van der Waals surface area (Å²) in [5.74, 6) is 2.43. The third kappa shape index (κ3) is 3.75. The van der Waals surface area contributed by atoms with Gasteiger partial charge in [0, 0.05) is 6.54 Å². The van der Waals surface area contributed by atoms with Crippen molar-refractivity contribution in [3.63, 3.8) is 0 Å². The van der Waals surface area contributed by atoms with Crippen molar-refractivity contribution in [2.45, 2.75) is 19.4 Å². The standard InChI is InChI=1S/C14H19NO2S/c16-14(17)13-4-2-1-3-12(13)10-15-9-11-5-7-18-8-6-11/h1-4,11,15H,5-10H2,(H,16,17). The van der Waals surface area contributed by atoms with E-state index in [-0.39, 0.29) is 0 Å². The summed E-state index contributed by atoms with van der Waals surface area (Å²) in [7, 11) is 0. The highest BCUT2D eigenvalue weighted by atomic mass is 32.2. The van der Waals surface area contributed by atoms with Crippen molar-refractivity contribution in [2.75, 3.05) is 18.1 Å². The van der Waals surface area contributed by atoms with Gasteiger partial charge in [0.15, 0.2) is 0 Å². The van der Waals surface area contributed by atoms with Crippen molar-refractivity contribution in [3.05, 3.63) is 35.4 Å². The number of benzene rings is 1. The second-order valence-corrected chi connectivity index (χ2v) is 5.87. The van der Waals surface area contributed by atoms with Gasteiger partial charge in [-0.3, -0.25) is 0 Å². The summed E-state index contributed by atoms with van der Waals surface area (Å²) in [4.78, 5) is 11.1. The number of thioether (sulfide) groups is 1. The lowest BCUT2D eigenvalue weighted by molar-refractivity contribution is 0.0695. The van der Waals surface area contributed by atoms with Gasteiger partial charge >= 0.3 is 5.97 Å². The van der Waals surface area contributed by atoms with Gasteiger partial charge in [-0.2, -0.15) is 11.8 Å². The Hall–Kier alpha value is -1.00. The van der Waals surface area contributed by atoms with Gasteiger partial charge in [-0.25, -0.2) is 4.79 Å². The summed E-state index contributed by atoms with van der Waals surface area (Å²) in [6, 6.07) is 7.20. The first-order valence-electron chi connectivity index (χ1n) is 6.37. The van der Waals surface area contributed by atoms with E-state index in [2.05, 4.69) is 5.32 Å². The van der Waals surface area contributed by atoms with E-state index >= 15 is 0 Å². The zero-order valence-corrected chi connectivity index (χ0v) is 11.2. The van der Waals surface area contributed by atoms with Crippen molar-refractivity contribution in [1.82, 2.24) is 5.32 Å². The number of carboxylic acid groups (broad SMARTS) is 1. The van der Waals surface area contributed by atoms with Crippen LogP contribution < -0.4 is 5.32 Å². The molecular formula is C14H19NO2S. The minimum atomic E-state index is -0.846. The lowest BCUT2D eigenvalue weighted by Crippen LogP contribution is -2.26. The molecule has 0 radical (unpaired) electrons. The fourth-order valence-corrected chi connectivity index (χ4v) is 3.45. The normalized spacial score (nSPS) is 16.7. The third-order valence-corrected chi connectivity index (χ3v) is 4.39. The minimum Gasteiger partial charge on any atom is -0.478 e. The van der Waals surface area contributed by atoms with Crippen LogP contribution >= 0.6 is 11.8 Å². The van der Waals surface area contributed by atoms with E-state index in [4.69, 9.17) is 5.11 Å². The maximum atomic E-state index is 11.1. The molecule has 0 unspecified atom stereocenters. The average Bonchev–Trinajstić information content (AvgIpc) is 2.40. The molecule has 1 saturated heterocycles. The van der Waals surface area contributed by atoms with Gasteiger partial charge in [-0.05, 0) is 48.4 Å². The summed E-state index contributed by atoms with van der Waals surface area (Å²) in [6.07, 6.45) is 2.55. The van der Waals surface area contributed by atoms with Crippen molar-refractivity contribution < 1.29 is 9.90 Å². The Morgan fingerprint density at radius 3 is 2.78 bits per heavy atom. The van der Waals surface area contributed by atoms with Crippen LogP contribution in [0.3, 0.4) is 0 Å². The molecule has 1 aromatic rings. The highest BCUT2D eigenvalue weighted by molar-refractivity contribution is 7.99. The van der Waals surface area contributed by atoms with Crippen molar-refractivity contribution in [2.24, 2.45) is 5.92 Å². The molecule has 0 amide bonds. The topological polar surface area (TPSA) is 49.3 Å². The van der Waals surface area contributed by atoms with Gasteiger partial charge in [0.25, 0.3) is 0 Å². The summed E-state index contributed by atoms with van der Waals surface area (Å²) in [5.41, 5.74) is 1.28. The predicted octanol–water partition coefficient (Wildman–Crippen LogP) is 2.62. The van der Waals surface area contributed by atoms with Crippen LogP contribution in [0.25, 0.3) is 0 Å². The van der Waals surface area contributed by atoms with Crippen LogP contribution in [0.2, 0.25) is 0 Å². The largest absolute Gasteiger partial charge is 0.478 e. The summed E-state index contributed by atoms with van der Waals surface area (Å²) < 4.78 is 0. The van der Waals surface area contributed by atoms with E-state index < -0.39 is 5.97 Å². The number of rotatable bonds is 5. The smallest absolute Gasteiger partial charge is 0.336 e. The molecular weight excluding hydrogens is 246 g/mol. The van der Waals surface area contributed by atoms with E-state index in [0.29, 0.717) is 12.1 Å². The van der Waals surface area contributed by atoms with Crippen LogP contribution in [-0.2, 0) is 6.54 Å². The molecule has 3 nitrogen and oxygen atoms in total. The second kappa shape index (κ2) is 6.81. The van der Waals surface area contributed by atoms with Crippen LogP contribution in [0.1, 0.15) is 28.8 Å². The molecule has 1 aliphatic heterocycles. The first-order valence-corrected chi connectivity index (χ1v) is 7.52. The van der Waals surface area contributed by atoms with Gasteiger partial charge in [-0.1, -0.05) is 18.2 Å². The van der Waals surface area contributed by atoms with Gasteiger partial charge in [0.05, 0.1) is 5.56 Å². The SMILES string of the molecule is O=C(O)c1ccccc1CNCC1CCSCC1. The molecule has 1 aromatic carbocycles. The molecule has 2 rings (SSSR count). The number of nitrogens with one attached hydrogen (secondary N) is 1. The van der Waals surface area contributed by atoms with Crippen LogP contribution in [-0.4, -0.2) is 29.1 Å². The molecule has 0 aliphatic carbocycles. The molecule has 4 heteroatoms. The van der Waals surface area contributed by atoms with Crippen LogP contribution in [0.15, 0.2) is 24.3 Å². The Balaban J connectivity index is 1.84. The zero-order chi connectivity index (χ0) is 12.8. The van der Waals surface area contributed by atoms with E-state index in [1.54, 1.807) is 12.1 Å². The second-order valence-electron chi connectivity index (χ2n) is 4.65. The molecule has 18 heavy (non-hydrogen) atoms. The van der Waals surface area contributed by atoms with Crippen molar-refractivity contribution >= 4 is 17.7 Å². The summed E-state index contributed by atoms with van der Waals surface area (Å²) in [6.45, 7) is 1.64. The lowest BCUT2D eigenvalue weighted by Gasteiger charge is -2.21. The van der Waals surface area contributed by atoms with Gasteiger partial charge in [-0.15, -0.1) is 0 Å². The van der Waals surface area contributed by atoms with E-state index in [0.717, 1.165) is 18.0 Å². The summed E-state index contributed by atoms with van der Waals surface area (Å²) >= 11 is 2.03. The quantitative estimate of drug-likeness (QED) is 0.859. The molecule has 1 aliphatic rings. The molecule has 0 aromatic heterocycles. The van der Waals surface area contributed by atoms with E-state index in [9.17, 15) is 4.79 Å². The molecule has 98 valence electrons. The lowest BCUT2D eigenvalue weighted by atomic mass is 10.0. The average molecular weight is 265 g/mol. The van der Waals surface area contributed by atoms with Crippen LogP contribution in [0.5, 0.6) is 0 Å².